The highest BCUT2D eigenvalue weighted by molar-refractivity contribution is 5.79. The minimum absolute atomic E-state index is 0.433. The van der Waals surface area contributed by atoms with Gasteiger partial charge in [-0.05, 0) is 35.2 Å². The van der Waals surface area contributed by atoms with Crippen molar-refractivity contribution in [2.45, 2.75) is 20.0 Å². The molecule has 2 aromatic rings. The van der Waals surface area contributed by atoms with Gasteiger partial charge in [-0.15, -0.1) is 0 Å². The van der Waals surface area contributed by atoms with Gasteiger partial charge in [0.05, 0.1) is 0 Å². The number of hydrogen-bond acceptors (Lipinski definition) is 2. The van der Waals surface area contributed by atoms with Gasteiger partial charge < -0.3 is 4.84 Å². The second-order valence-corrected chi connectivity index (χ2v) is 4.48. The summed E-state index contributed by atoms with van der Waals surface area (Å²) in [5, 5.41) is 3.89. The summed E-state index contributed by atoms with van der Waals surface area (Å²) < 4.78 is 0. The lowest BCUT2D eigenvalue weighted by molar-refractivity contribution is 0.132. The van der Waals surface area contributed by atoms with E-state index in [0.29, 0.717) is 6.61 Å². The van der Waals surface area contributed by atoms with Crippen molar-refractivity contribution in [3.8, 4) is 0 Å². The van der Waals surface area contributed by atoms with Crippen molar-refractivity contribution in [2.24, 2.45) is 5.16 Å². The maximum absolute atomic E-state index is 5.28. The zero-order valence-corrected chi connectivity index (χ0v) is 11.7. The number of benzene rings is 2. The van der Waals surface area contributed by atoms with Crippen LogP contribution in [-0.4, -0.2) is 6.21 Å². The fourth-order valence-corrected chi connectivity index (χ4v) is 1.86. The van der Waals surface area contributed by atoms with Gasteiger partial charge in [0, 0.05) is 5.56 Å². The molecule has 2 heteroatoms. The number of rotatable bonds is 6. The van der Waals surface area contributed by atoms with Crippen molar-refractivity contribution in [1.82, 2.24) is 0 Å². The number of aryl methyl sites for hydroxylation is 1. The Morgan fingerprint density at radius 1 is 1.15 bits per heavy atom. The van der Waals surface area contributed by atoms with Gasteiger partial charge in [-0.25, -0.2) is 0 Å². The smallest absolute Gasteiger partial charge is 0.142 e. The van der Waals surface area contributed by atoms with Crippen LogP contribution in [0.3, 0.4) is 0 Å². The minimum atomic E-state index is 0.433. The highest BCUT2D eigenvalue weighted by atomic mass is 16.6. The molecule has 101 valence electrons. The molecule has 2 nitrogen and oxygen atoms in total. The molecule has 0 bridgehead atoms. The van der Waals surface area contributed by atoms with Gasteiger partial charge >= 0.3 is 0 Å². The van der Waals surface area contributed by atoms with Crippen LogP contribution in [0.4, 0.5) is 0 Å². The molecule has 0 unspecified atom stereocenters. The zero-order valence-electron chi connectivity index (χ0n) is 11.7. The minimum Gasteiger partial charge on any atom is -0.390 e. The van der Waals surface area contributed by atoms with E-state index in [9.17, 15) is 0 Å². The molecule has 0 saturated heterocycles. The van der Waals surface area contributed by atoms with Crippen molar-refractivity contribution >= 4 is 12.3 Å². The van der Waals surface area contributed by atoms with E-state index in [2.05, 4.69) is 37.0 Å². The van der Waals surface area contributed by atoms with E-state index in [1.807, 2.05) is 42.5 Å². The Bertz CT molecular complexity index is 602. The van der Waals surface area contributed by atoms with Gasteiger partial charge in [0.2, 0.25) is 0 Å². The molecule has 2 rings (SSSR count). The molecule has 0 heterocycles. The summed E-state index contributed by atoms with van der Waals surface area (Å²) in [5.41, 5.74) is 4.35. The van der Waals surface area contributed by atoms with Crippen molar-refractivity contribution in [2.75, 3.05) is 0 Å². The Morgan fingerprint density at radius 3 is 2.75 bits per heavy atom. The largest absolute Gasteiger partial charge is 0.390 e. The third-order valence-electron chi connectivity index (χ3n) is 2.99. The van der Waals surface area contributed by atoms with E-state index in [-0.39, 0.29) is 0 Å². The standard InChI is InChI=1S/C18H18NO/c1-3-15-7-5-9-17(11-15)13-19-20-14-18-10-6-8-16(4-2)12-18/h4-12H,2-3,14H2,1H3. The second kappa shape index (κ2) is 7.29. The van der Waals surface area contributed by atoms with E-state index < -0.39 is 0 Å². The van der Waals surface area contributed by atoms with Crippen molar-refractivity contribution < 1.29 is 4.84 Å². The molecule has 1 radical (unpaired) electrons. The molecule has 0 atom stereocenters. The summed E-state index contributed by atoms with van der Waals surface area (Å²) in [5.74, 6) is 0. The Hall–Kier alpha value is -2.35. The molecule has 0 saturated carbocycles. The first-order valence-electron chi connectivity index (χ1n) is 6.70. The van der Waals surface area contributed by atoms with E-state index in [1.54, 1.807) is 0 Å². The predicted octanol–water partition coefficient (Wildman–Crippen LogP) is 4.32. The lowest BCUT2D eigenvalue weighted by Crippen LogP contribution is -1.90. The quantitative estimate of drug-likeness (QED) is 0.562. The molecule has 2 aromatic carbocycles. The summed E-state index contributed by atoms with van der Waals surface area (Å²) in [6.45, 7) is 6.30. The molecule has 0 aliphatic carbocycles. The lowest BCUT2D eigenvalue weighted by atomic mass is 10.1. The Labute approximate surface area is 120 Å². The van der Waals surface area contributed by atoms with Crippen LogP contribution in [-0.2, 0) is 17.9 Å². The Morgan fingerprint density at radius 2 is 1.95 bits per heavy atom. The van der Waals surface area contributed by atoms with Crippen molar-refractivity contribution in [3.05, 3.63) is 77.4 Å². The van der Waals surface area contributed by atoms with E-state index in [1.165, 1.54) is 5.56 Å². The van der Waals surface area contributed by atoms with Gasteiger partial charge in [0.25, 0.3) is 0 Å². The highest BCUT2D eigenvalue weighted by Crippen LogP contribution is 2.08. The Kier molecular flexibility index (Phi) is 5.13. The zero-order chi connectivity index (χ0) is 14.2. The lowest BCUT2D eigenvalue weighted by Gasteiger charge is -2.01. The summed E-state index contributed by atoms with van der Waals surface area (Å²) in [6.07, 6.45) is 5.72. The molecule has 0 aliphatic rings. The summed E-state index contributed by atoms with van der Waals surface area (Å²) in [4.78, 5) is 5.28. The van der Waals surface area contributed by atoms with Crippen molar-refractivity contribution in [3.63, 3.8) is 0 Å². The molecule has 0 fully saturated rings. The van der Waals surface area contributed by atoms with Crippen LogP contribution in [0.1, 0.15) is 29.2 Å². The molecular formula is C18H18NO. The van der Waals surface area contributed by atoms with Crippen LogP contribution in [0.25, 0.3) is 6.08 Å². The maximum Gasteiger partial charge on any atom is 0.142 e. The second-order valence-electron chi connectivity index (χ2n) is 4.48. The van der Waals surface area contributed by atoms with Crippen LogP contribution < -0.4 is 0 Å². The summed E-state index contributed by atoms with van der Waals surface area (Å²) in [6, 6.07) is 16.1. The van der Waals surface area contributed by atoms with Crippen LogP contribution in [0, 0.1) is 0 Å². The topological polar surface area (TPSA) is 21.6 Å². The Balaban J connectivity index is 1.91. The van der Waals surface area contributed by atoms with Gasteiger partial charge in [-0.1, -0.05) is 61.1 Å². The van der Waals surface area contributed by atoms with Gasteiger partial charge in [-0.2, -0.15) is 0 Å². The molecule has 0 amide bonds. The van der Waals surface area contributed by atoms with Crippen LogP contribution >= 0.6 is 0 Å². The molecule has 0 aliphatic heterocycles. The fraction of sp³-hybridized carbons (Fsp3) is 0.167. The van der Waals surface area contributed by atoms with Gasteiger partial charge in [-0.3, -0.25) is 0 Å². The van der Waals surface area contributed by atoms with Gasteiger partial charge in [0.1, 0.15) is 12.8 Å². The highest BCUT2D eigenvalue weighted by Gasteiger charge is 1.95. The van der Waals surface area contributed by atoms with Crippen LogP contribution in [0.15, 0.2) is 60.3 Å². The van der Waals surface area contributed by atoms with Crippen LogP contribution in [0.2, 0.25) is 0 Å². The van der Waals surface area contributed by atoms with Crippen LogP contribution in [0.5, 0.6) is 0 Å². The van der Waals surface area contributed by atoms with E-state index in [4.69, 9.17) is 4.84 Å². The fourth-order valence-electron chi connectivity index (χ4n) is 1.86. The molecule has 0 aromatic heterocycles. The summed E-state index contributed by atoms with van der Waals surface area (Å²) in [7, 11) is 0. The average molecular weight is 264 g/mol. The predicted molar refractivity (Wildman–Crippen MR) is 83.7 cm³/mol. The van der Waals surface area contributed by atoms with E-state index in [0.717, 1.165) is 23.1 Å². The average Bonchev–Trinajstić information content (AvgIpc) is 2.52. The van der Waals surface area contributed by atoms with Gasteiger partial charge in [0.15, 0.2) is 0 Å². The van der Waals surface area contributed by atoms with Crippen molar-refractivity contribution in [1.29, 1.82) is 0 Å². The monoisotopic (exact) mass is 264 g/mol. The first-order chi connectivity index (χ1) is 9.81. The van der Waals surface area contributed by atoms with E-state index >= 15 is 0 Å². The molecule has 0 N–H and O–H groups in total. The number of nitrogens with zero attached hydrogens (tertiary/aromatic N) is 1. The summed E-state index contributed by atoms with van der Waals surface area (Å²) >= 11 is 0. The molecule has 20 heavy (non-hydrogen) atoms. The first kappa shape index (κ1) is 14.1. The molecule has 0 spiro atoms. The normalized spacial score (nSPS) is 10.7. The number of hydrogen-bond donors (Lipinski definition) is 0. The SMILES string of the molecule is C=Cc1cccc(CO/N=[C]\c2cccc(CC)c2)c1. The maximum atomic E-state index is 5.28. The third-order valence-corrected chi connectivity index (χ3v) is 2.99. The third kappa shape index (κ3) is 4.09. The molecular weight excluding hydrogens is 246 g/mol. The first-order valence-corrected chi connectivity index (χ1v) is 6.70.